The summed E-state index contributed by atoms with van der Waals surface area (Å²) in [6.45, 7) is 12.2. The summed E-state index contributed by atoms with van der Waals surface area (Å²) in [5, 5.41) is 0.279. The van der Waals surface area contributed by atoms with Crippen LogP contribution in [0.2, 0.25) is 18.1 Å². The van der Waals surface area contributed by atoms with Crippen molar-refractivity contribution in [1.82, 2.24) is 0 Å². The Morgan fingerprint density at radius 1 is 1.17 bits per heavy atom. The molecule has 0 unspecified atom stereocenters. The Morgan fingerprint density at radius 2 is 1.83 bits per heavy atom. The molecule has 0 aliphatic heterocycles. The highest BCUT2D eigenvalue weighted by Gasteiger charge is 2.36. The van der Waals surface area contributed by atoms with Gasteiger partial charge in [-0.15, -0.1) is 0 Å². The van der Waals surface area contributed by atoms with Gasteiger partial charge in [0.05, 0.1) is 7.11 Å². The lowest BCUT2D eigenvalue weighted by molar-refractivity contribution is 0.292. The van der Waals surface area contributed by atoms with E-state index in [9.17, 15) is 0 Å². The fourth-order valence-electron chi connectivity index (χ4n) is 1.47. The van der Waals surface area contributed by atoms with Crippen molar-refractivity contribution in [1.29, 1.82) is 0 Å². The van der Waals surface area contributed by atoms with Gasteiger partial charge in [0, 0.05) is 6.61 Å². The molecule has 0 amide bonds. The fraction of sp³-hybridized carbons (Fsp3) is 0.600. The van der Waals surface area contributed by atoms with Gasteiger partial charge < -0.3 is 9.16 Å². The van der Waals surface area contributed by atoms with E-state index >= 15 is 0 Å². The number of benzene rings is 1. The van der Waals surface area contributed by atoms with Crippen LogP contribution in [-0.2, 0) is 10.8 Å². The Kier molecular flexibility index (Phi) is 4.99. The minimum atomic E-state index is -1.61. The van der Waals surface area contributed by atoms with Gasteiger partial charge in [-0.1, -0.05) is 32.9 Å². The second kappa shape index (κ2) is 5.89. The third kappa shape index (κ3) is 4.14. The summed E-state index contributed by atoms with van der Waals surface area (Å²) in [4.78, 5) is 0. The first-order chi connectivity index (χ1) is 8.26. The summed E-state index contributed by atoms with van der Waals surface area (Å²) in [6.07, 6.45) is 0.948. The van der Waals surface area contributed by atoms with Gasteiger partial charge in [0.25, 0.3) is 0 Å². The predicted octanol–water partition coefficient (Wildman–Crippen LogP) is 4.26. The fourth-order valence-corrected chi connectivity index (χ4v) is 2.51. The Morgan fingerprint density at radius 3 is 2.39 bits per heavy atom. The van der Waals surface area contributed by atoms with Crippen LogP contribution in [0, 0.1) is 0 Å². The molecule has 0 radical (unpaired) electrons. The monoisotopic (exact) mass is 266 g/mol. The average molecular weight is 266 g/mol. The molecule has 0 heterocycles. The highest BCUT2D eigenvalue weighted by Crippen LogP contribution is 2.36. The van der Waals surface area contributed by atoms with Gasteiger partial charge in [-0.25, -0.2) is 0 Å². The van der Waals surface area contributed by atoms with E-state index in [0.717, 1.165) is 18.8 Å². The molecule has 0 spiro atoms. The lowest BCUT2D eigenvalue weighted by atomic mass is 10.1. The molecule has 1 aromatic rings. The summed E-state index contributed by atoms with van der Waals surface area (Å²) >= 11 is 0. The van der Waals surface area contributed by atoms with Crippen LogP contribution in [0.25, 0.3) is 0 Å². The number of rotatable bonds is 5. The Bertz CT molecular complexity index is 380. The van der Waals surface area contributed by atoms with Crippen LogP contribution in [0.1, 0.15) is 26.3 Å². The van der Waals surface area contributed by atoms with Gasteiger partial charge in [0.1, 0.15) is 5.75 Å². The van der Waals surface area contributed by atoms with Crippen LogP contribution in [0.15, 0.2) is 24.3 Å². The summed E-state index contributed by atoms with van der Waals surface area (Å²) < 4.78 is 11.4. The van der Waals surface area contributed by atoms with Crippen molar-refractivity contribution < 1.29 is 9.16 Å². The first-order valence-corrected chi connectivity index (χ1v) is 9.44. The van der Waals surface area contributed by atoms with E-state index in [0.29, 0.717) is 0 Å². The lowest BCUT2D eigenvalue weighted by Crippen LogP contribution is -2.41. The quantitative estimate of drug-likeness (QED) is 0.741. The molecular weight excluding hydrogens is 240 g/mol. The summed E-state index contributed by atoms with van der Waals surface area (Å²) in [5.74, 6) is 0.917. The van der Waals surface area contributed by atoms with E-state index in [1.54, 1.807) is 7.11 Å². The van der Waals surface area contributed by atoms with Crippen molar-refractivity contribution in [3.8, 4) is 5.75 Å². The van der Waals surface area contributed by atoms with Crippen LogP contribution in [0.4, 0.5) is 0 Å². The van der Waals surface area contributed by atoms with Crippen molar-refractivity contribution >= 4 is 8.32 Å². The van der Waals surface area contributed by atoms with E-state index in [2.05, 4.69) is 46.0 Å². The second-order valence-corrected chi connectivity index (χ2v) is 11.0. The maximum atomic E-state index is 6.17. The lowest BCUT2D eigenvalue weighted by Gasteiger charge is -2.36. The zero-order valence-electron chi connectivity index (χ0n) is 12.5. The minimum Gasteiger partial charge on any atom is -0.497 e. The molecule has 1 rings (SSSR count). The zero-order valence-corrected chi connectivity index (χ0v) is 13.5. The molecule has 102 valence electrons. The van der Waals surface area contributed by atoms with E-state index in [4.69, 9.17) is 9.16 Å². The van der Waals surface area contributed by atoms with Crippen LogP contribution in [-0.4, -0.2) is 22.0 Å². The van der Waals surface area contributed by atoms with Crippen molar-refractivity contribution in [2.45, 2.75) is 45.3 Å². The maximum absolute atomic E-state index is 6.17. The Balaban J connectivity index is 2.51. The van der Waals surface area contributed by atoms with Crippen LogP contribution >= 0.6 is 0 Å². The normalized spacial score (nSPS) is 12.6. The summed E-state index contributed by atoms with van der Waals surface area (Å²) in [7, 11) is 0.0877. The minimum absolute atomic E-state index is 0.279. The number of methoxy groups -OCH3 is 1. The van der Waals surface area contributed by atoms with Crippen LogP contribution < -0.4 is 4.74 Å². The van der Waals surface area contributed by atoms with Gasteiger partial charge in [0.15, 0.2) is 8.32 Å². The first kappa shape index (κ1) is 15.3. The van der Waals surface area contributed by atoms with E-state index in [1.807, 2.05) is 12.1 Å². The molecule has 1 aromatic carbocycles. The molecule has 3 heteroatoms. The topological polar surface area (TPSA) is 18.5 Å². The van der Waals surface area contributed by atoms with E-state index < -0.39 is 8.32 Å². The van der Waals surface area contributed by atoms with Gasteiger partial charge in [-0.2, -0.15) is 0 Å². The third-order valence-electron chi connectivity index (χ3n) is 3.79. The molecule has 0 fully saturated rings. The standard InChI is InChI=1S/C15H26O2Si/c1-15(2,3)18(5,6)17-11-10-13-8-7-9-14(12-13)16-4/h7-9,12H,10-11H2,1-6H3. The van der Waals surface area contributed by atoms with Crippen molar-refractivity contribution in [3.05, 3.63) is 29.8 Å². The predicted molar refractivity (Wildman–Crippen MR) is 79.8 cm³/mol. The van der Waals surface area contributed by atoms with Gasteiger partial charge in [0.2, 0.25) is 0 Å². The molecule has 18 heavy (non-hydrogen) atoms. The molecule has 0 aromatic heterocycles. The highest BCUT2D eigenvalue weighted by atomic mass is 28.4. The number of hydrogen-bond acceptors (Lipinski definition) is 2. The average Bonchev–Trinajstić information content (AvgIpc) is 2.27. The number of hydrogen-bond donors (Lipinski definition) is 0. The molecule has 0 aliphatic rings. The molecule has 0 bridgehead atoms. The SMILES string of the molecule is COc1cccc(CCO[Si](C)(C)C(C)(C)C)c1. The molecule has 0 N–H and O–H groups in total. The molecule has 0 saturated carbocycles. The Labute approximate surface area is 112 Å². The molecule has 0 saturated heterocycles. The molecule has 0 aliphatic carbocycles. The van der Waals surface area contributed by atoms with Gasteiger partial charge in [-0.3, -0.25) is 0 Å². The summed E-state index contributed by atoms with van der Waals surface area (Å²) in [6, 6.07) is 8.20. The van der Waals surface area contributed by atoms with Crippen LogP contribution in [0.3, 0.4) is 0 Å². The first-order valence-electron chi connectivity index (χ1n) is 6.53. The maximum Gasteiger partial charge on any atom is 0.191 e. The van der Waals surface area contributed by atoms with Crippen LogP contribution in [0.5, 0.6) is 5.75 Å². The Hall–Kier alpha value is -0.803. The summed E-state index contributed by atoms with van der Waals surface area (Å²) in [5.41, 5.74) is 1.27. The van der Waals surface area contributed by atoms with Crippen molar-refractivity contribution in [3.63, 3.8) is 0 Å². The number of ether oxygens (including phenoxy) is 1. The largest absolute Gasteiger partial charge is 0.497 e. The molecule has 2 nitrogen and oxygen atoms in total. The third-order valence-corrected chi connectivity index (χ3v) is 8.33. The molecule has 0 atom stereocenters. The smallest absolute Gasteiger partial charge is 0.191 e. The van der Waals surface area contributed by atoms with E-state index in [1.165, 1.54) is 5.56 Å². The van der Waals surface area contributed by atoms with Crippen molar-refractivity contribution in [2.75, 3.05) is 13.7 Å². The van der Waals surface area contributed by atoms with E-state index in [-0.39, 0.29) is 5.04 Å². The molecular formula is C15H26O2Si. The second-order valence-electron chi connectivity index (χ2n) is 6.21. The highest BCUT2D eigenvalue weighted by molar-refractivity contribution is 6.74. The van der Waals surface area contributed by atoms with Crippen molar-refractivity contribution in [2.24, 2.45) is 0 Å². The van der Waals surface area contributed by atoms with Gasteiger partial charge in [-0.05, 0) is 42.2 Å². The zero-order chi connectivity index (χ0) is 13.8. The van der Waals surface area contributed by atoms with Gasteiger partial charge >= 0.3 is 0 Å².